The predicted octanol–water partition coefficient (Wildman–Crippen LogP) is 5.06. The molecule has 1 atom stereocenters. The van der Waals surface area contributed by atoms with Crippen LogP contribution < -0.4 is 4.74 Å². The van der Waals surface area contributed by atoms with Crippen molar-refractivity contribution in [2.45, 2.75) is 45.4 Å². The third-order valence-electron chi connectivity index (χ3n) is 5.10. The molecular weight excluding hydrogens is 322 g/mol. The Bertz CT molecular complexity index is 720. The third-order valence-corrected chi connectivity index (χ3v) is 5.10. The van der Waals surface area contributed by atoms with Crippen LogP contribution in [0.15, 0.2) is 48.5 Å². The molecule has 1 aliphatic rings. The summed E-state index contributed by atoms with van der Waals surface area (Å²) in [6, 6.07) is 15.3. The van der Waals surface area contributed by atoms with Crippen molar-refractivity contribution in [2.24, 2.45) is 0 Å². The van der Waals surface area contributed by atoms with Gasteiger partial charge in [0, 0.05) is 6.54 Å². The van der Waals surface area contributed by atoms with Crippen molar-refractivity contribution in [3.05, 3.63) is 65.2 Å². The molecule has 138 valence electrons. The van der Waals surface area contributed by atoms with Crippen molar-refractivity contribution in [1.29, 1.82) is 0 Å². The number of rotatable bonds is 8. The molecule has 1 unspecified atom stereocenters. The van der Waals surface area contributed by atoms with Crippen molar-refractivity contribution < 1.29 is 9.53 Å². The number of aryl methyl sites for hydroxylation is 1. The monoisotopic (exact) mass is 351 g/mol. The molecule has 0 spiro atoms. The van der Waals surface area contributed by atoms with Gasteiger partial charge in [-0.15, -0.1) is 0 Å². The lowest BCUT2D eigenvalue weighted by atomic mass is 10.00. The van der Waals surface area contributed by atoms with Gasteiger partial charge in [0.2, 0.25) is 0 Å². The highest BCUT2D eigenvalue weighted by Gasteiger charge is 2.25. The number of fused-ring (bicyclic) bond motifs is 1. The van der Waals surface area contributed by atoms with E-state index in [4.69, 9.17) is 4.74 Å². The zero-order chi connectivity index (χ0) is 18.4. The van der Waals surface area contributed by atoms with E-state index in [2.05, 4.69) is 30.9 Å². The van der Waals surface area contributed by atoms with E-state index in [9.17, 15) is 4.79 Å². The molecule has 0 amide bonds. The van der Waals surface area contributed by atoms with Crippen molar-refractivity contribution >= 4 is 5.97 Å². The third kappa shape index (κ3) is 4.53. The second kappa shape index (κ2) is 9.00. The van der Waals surface area contributed by atoms with E-state index >= 15 is 0 Å². The van der Waals surface area contributed by atoms with E-state index < -0.39 is 0 Å². The molecule has 2 aromatic carbocycles. The van der Waals surface area contributed by atoms with Gasteiger partial charge in [-0.2, -0.15) is 0 Å². The van der Waals surface area contributed by atoms with Gasteiger partial charge in [-0.05, 0) is 80.1 Å². The van der Waals surface area contributed by atoms with Gasteiger partial charge in [0.05, 0.1) is 5.56 Å². The van der Waals surface area contributed by atoms with E-state index in [1.807, 2.05) is 24.3 Å². The predicted molar refractivity (Wildman–Crippen MR) is 106 cm³/mol. The molecule has 0 heterocycles. The van der Waals surface area contributed by atoms with E-state index in [1.165, 1.54) is 30.4 Å². The number of ether oxygens (including phenoxy) is 1. The lowest BCUT2D eigenvalue weighted by molar-refractivity contribution is 0.0734. The van der Waals surface area contributed by atoms with Crippen LogP contribution in [0.5, 0.6) is 5.75 Å². The highest BCUT2D eigenvalue weighted by atomic mass is 16.5. The zero-order valence-corrected chi connectivity index (χ0v) is 15.9. The summed E-state index contributed by atoms with van der Waals surface area (Å²) in [5.41, 5.74) is 3.35. The Morgan fingerprint density at radius 1 is 1.08 bits per heavy atom. The fraction of sp³-hybridized carbons (Fsp3) is 0.435. The number of carbonyl (C=O) groups is 1. The Hall–Kier alpha value is -2.13. The topological polar surface area (TPSA) is 29.5 Å². The standard InChI is InChI=1S/C23H29NO2/c1-3-14-24(15-4-2)17-20-11-10-18-12-13-21(16-22(18)20)26-23(25)19-8-6-5-7-9-19/h5-9,12-13,16,20H,3-4,10-11,14-15,17H2,1-2H3. The molecule has 3 heteroatoms. The minimum absolute atomic E-state index is 0.293. The summed E-state index contributed by atoms with van der Waals surface area (Å²) in [7, 11) is 0. The lowest BCUT2D eigenvalue weighted by Gasteiger charge is -2.25. The van der Waals surface area contributed by atoms with Crippen LogP contribution in [0.4, 0.5) is 0 Å². The second-order valence-electron chi connectivity index (χ2n) is 7.15. The van der Waals surface area contributed by atoms with E-state index in [0.717, 1.165) is 26.1 Å². The summed E-state index contributed by atoms with van der Waals surface area (Å²) in [6.07, 6.45) is 4.69. The maximum atomic E-state index is 12.3. The molecule has 0 aromatic heterocycles. The quantitative estimate of drug-likeness (QED) is 0.492. The van der Waals surface area contributed by atoms with E-state index in [1.54, 1.807) is 12.1 Å². The Labute approximate surface area is 157 Å². The van der Waals surface area contributed by atoms with Gasteiger partial charge in [-0.3, -0.25) is 0 Å². The molecule has 3 nitrogen and oxygen atoms in total. The number of hydrogen-bond acceptors (Lipinski definition) is 3. The normalized spacial score (nSPS) is 15.9. The van der Waals surface area contributed by atoms with Crippen molar-refractivity contribution in [2.75, 3.05) is 19.6 Å². The molecule has 3 rings (SSSR count). The van der Waals surface area contributed by atoms with Crippen LogP contribution in [0.1, 0.15) is 60.5 Å². The molecule has 0 aliphatic heterocycles. The summed E-state index contributed by atoms with van der Waals surface area (Å²) in [5, 5.41) is 0. The molecule has 0 N–H and O–H groups in total. The van der Waals surface area contributed by atoms with Gasteiger partial charge in [0.25, 0.3) is 0 Å². The Kier molecular flexibility index (Phi) is 6.45. The molecule has 0 bridgehead atoms. The summed E-state index contributed by atoms with van der Waals surface area (Å²) in [5.74, 6) is 0.902. The van der Waals surface area contributed by atoms with Gasteiger partial charge in [0.1, 0.15) is 5.75 Å². The Morgan fingerprint density at radius 2 is 1.81 bits per heavy atom. The second-order valence-corrected chi connectivity index (χ2v) is 7.15. The fourth-order valence-electron chi connectivity index (χ4n) is 3.90. The molecule has 0 saturated heterocycles. The first kappa shape index (κ1) is 18.7. The van der Waals surface area contributed by atoms with Crippen LogP contribution >= 0.6 is 0 Å². The van der Waals surface area contributed by atoms with Gasteiger partial charge < -0.3 is 9.64 Å². The maximum Gasteiger partial charge on any atom is 0.343 e. The van der Waals surface area contributed by atoms with Gasteiger partial charge in [-0.1, -0.05) is 38.1 Å². The number of esters is 1. The SMILES string of the molecule is CCCN(CCC)CC1CCc2ccc(OC(=O)c3ccccc3)cc21. The summed E-state index contributed by atoms with van der Waals surface area (Å²) >= 11 is 0. The molecule has 26 heavy (non-hydrogen) atoms. The van der Waals surface area contributed by atoms with Gasteiger partial charge in [-0.25, -0.2) is 4.79 Å². The highest BCUT2D eigenvalue weighted by molar-refractivity contribution is 5.91. The Balaban J connectivity index is 1.71. The number of benzene rings is 2. The smallest absolute Gasteiger partial charge is 0.343 e. The van der Waals surface area contributed by atoms with Crippen molar-refractivity contribution in [3.8, 4) is 5.75 Å². The van der Waals surface area contributed by atoms with E-state index in [0.29, 0.717) is 17.2 Å². The average Bonchev–Trinajstić information content (AvgIpc) is 3.05. The average molecular weight is 351 g/mol. The van der Waals surface area contributed by atoms with Gasteiger partial charge in [0.15, 0.2) is 0 Å². The molecule has 0 fully saturated rings. The number of hydrogen-bond donors (Lipinski definition) is 0. The summed E-state index contributed by atoms with van der Waals surface area (Å²) in [4.78, 5) is 14.9. The highest BCUT2D eigenvalue weighted by Crippen LogP contribution is 2.36. The fourth-order valence-corrected chi connectivity index (χ4v) is 3.90. The lowest BCUT2D eigenvalue weighted by Crippen LogP contribution is -2.29. The van der Waals surface area contributed by atoms with Crippen LogP contribution in [0.2, 0.25) is 0 Å². The van der Waals surface area contributed by atoms with Crippen LogP contribution in [0.25, 0.3) is 0 Å². The molecular formula is C23H29NO2. The van der Waals surface area contributed by atoms with Crippen molar-refractivity contribution in [3.63, 3.8) is 0 Å². The summed E-state index contributed by atoms with van der Waals surface area (Å²) < 4.78 is 5.62. The molecule has 0 saturated carbocycles. The molecule has 1 aliphatic carbocycles. The Morgan fingerprint density at radius 3 is 2.50 bits per heavy atom. The van der Waals surface area contributed by atoms with Crippen LogP contribution in [0.3, 0.4) is 0 Å². The first-order valence-corrected chi connectivity index (χ1v) is 9.83. The van der Waals surface area contributed by atoms with Crippen LogP contribution in [0, 0.1) is 0 Å². The zero-order valence-electron chi connectivity index (χ0n) is 15.9. The van der Waals surface area contributed by atoms with Crippen LogP contribution in [-0.2, 0) is 6.42 Å². The van der Waals surface area contributed by atoms with Crippen molar-refractivity contribution in [1.82, 2.24) is 4.90 Å². The maximum absolute atomic E-state index is 12.3. The minimum atomic E-state index is -0.293. The minimum Gasteiger partial charge on any atom is -0.423 e. The largest absolute Gasteiger partial charge is 0.423 e. The molecule has 2 aromatic rings. The summed E-state index contributed by atoms with van der Waals surface area (Å²) in [6.45, 7) is 7.90. The first-order chi connectivity index (χ1) is 12.7. The number of nitrogens with zero attached hydrogens (tertiary/aromatic N) is 1. The first-order valence-electron chi connectivity index (χ1n) is 9.83. The van der Waals surface area contributed by atoms with E-state index in [-0.39, 0.29) is 5.97 Å². The molecule has 0 radical (unpaired) electrons. The van der Waals surface area contributed by atoms with Crippen LogP contribution in [-0.4, -0.2) is 30.5 Å². The van der Waals surface area contributed by atoms with Gasteiger partial charge >= 0.3 is 5.97 Å². The number of carbonyl (C=O) groups excluding carboxylic acids is 1.